The second-order valence-corrected chi connectivity index (χ2v) is 5.39. The fourth-order valence-corrected chi connectivity index (χ4v) is 3.00. The fraction of sp³-hybridized carbons (Fsp3) is 0.625. The van der Waals surface area contributed by atoms with E-state index in [0.717, 1.165) is 13.1 Å². The Balaban J connectivity index is 2.00. The standard InChI is InChI=1S/C16H26N2/c1-4-16(5-2,6-3)18-12-13-11-17-15-10-8-7-9-14(13)15/h7-10,13,17-18H,4-6,11-12H2,1-3H3. The first kappa shape index (κ1) is 13.4. The molecule has 1 unspecified atom stereocenters. The van der Waals surface area contributed by atoms with Crippen molar-refractivity contribution in [1.82, 2.24) is 5.32 Å². The summed E-state index contributed by atoms with van der Waals surface area (Å²) in [6.45, 7) is 9.03. The Hall–Kier alpha value is -1.02. The molecule has 0 amide bonds. The largest absolute Gasteiger partial charge is 0.384 e. The highest BCUT2D eigenvalue weighted by molar-refractivity contribution is 5.57. The summed E-state index contributed by atoms with van der Waals surface area (Å²) >= 11 is 0. The highest BCUT2D eigenvalue weighted by Crippen LogP contribution is 2.31. The van der Waals surface area contributed by atoms with E-state index in [0.29, 0.717) is 11.5 Å². The average Bonchev–Trinajstić information content (AvgIpc) is 2.85. The summed E-state index contributed by atoms with van der Waals surface area (Å²) < 4.78 is 0. The first-order valence-electron chi connectivity index (χ1n) is 7.32. The molecule has 1 aliphatic rings. The lowest BCUT2D eigenvalue weighted by Gasteiger charge is -2.33. The van der Waals surface area contributed by atoms with Crippen LogP contribution in [0.25, 0.3) is 0 Å². The highest BCUT2D eigenvalue weighted by Gasteiger charge is 2.27. The summed E-state index contributed by atoms with van der Waals surface area (Å²) in [5.41, 5.74) is 3.12. The maximum atomic E-state index is 3.83. The molecule has 0 spiro atoms. The number of benzene rings is 1. The van der Waals surface area contributed by atoms with Crippen LogP contribution in [0.3, 0.4) is 0 Å². The van der Waals surface area contributed by atoms with Crippen molar-refractivity contribution in [2.75, 3.05) is 18.4 Å². The molecule has 0 fully saturated rings. The van der Waals surface area contributed by atoms with Gasteiger partial charge >= 0.3 is 0 Å². The molecule has 2 nitrogen and oxygen atoms in total. The summed E-state index contributed by atoms with van der Waals surface area (Å²) in [5.74, 6) is 0.616. The topological polar surface area (TPSA) is 24.1 Å². The summed E-state index contributed by atoms with van der Waals surface area (Å²) in [4.78, 5) is 0. The lowest BCUT2D eigenvalue weighted by molar-refractivity contribution is 0.285. The zero-order chi connectivity index (χ0) is 13.0. The van der Waals surface area contributed by atoms with E-state index in [1.807, 2.05) is 0 Å². The van der Waals surface area contributed by atoms with E-state index in [2.05, 4.69) is 55.7 Å². The quantitative estimate of drug-likeness (QED) is 0.798. The van der Waals surface area contributed by atoms with Crippen LogP contribution in [0.2, 0.25) is 0 Å². The van der Waals surface area contributed by atoms with E-state index in [-0.39, 0.29) is 0 Å². The number of anilines is 1. The van der Waals surface area contributed by atoms with Gasteiger partial charge in [-0.3, -0.25) is 0 Å². The maximum Gasteiger partial charge on any atom is 0.0376 e. The number of nitrogens with one attached hydrogen (secondary N) is 2. The molecule has 100 valence electrons. The predicted molar refractivity (Wildman–Crippen MR) is 79.3 cm³/mol. The van der Waals surface area contributed by atoms with Gasteiger partial charge in [0.2, 0.25) is 0 Å². The minimum absolute atomic E-state index is 0.331. The van der Waals surface area contributed by atoms with Gasteiger partial charge in [-0.2, -0.15) is 0 Å². The van der Waals surface area contributed by atoms with Gasteiger partial charge in [0.15, 0.2) is 0 Å². The second-order valence-electron chi connectivity index (χ2n) is 5.39. The third-order valence-electron chi connectivity index (χ3n) is 4.69. The zero-order valence-electron chi connectivity index (χ0n) is 11.9. The van der Waals surface area contributed by atoms with E-state index < -0.39 is 0 Å². The molecule has 18 heavy (non-hydrogen) atoms. The minimum atomic E-state index is 0.331. The van der Waals surface area contributed by atoms with Crippen LogP contribution in [0.4, 0.5) is 5.69 Å². The molecule has 0 saturated heterocycles. The van der Waals surface area contributed by atoms with Crippen LogP contribution in [0.15, 0.2) is 24.3 Å². The highest BCUT2D eigenvalue weighted by atomic mass is 15.0. The second kappa shape index (κ2) is 5.75. The van der Waals surface area contributed by atoms with Crippen LogP contribution >= 0.6 is 0 Å². The van der Waals surface area contributed by atoms with Gasteiger partial charge in [0.05, 0.1) is 0 Å². The van der Waals surface area contributed by atoms with E-state index in [9.17, 15) is 0 Å². The molecule has 0 radical (unpaired) electrons. The smallest absolute Gasteiger partial charge is 0.0376 e. The Kier molecular flexibility index (Phi) is 4.28. The van der Waals surface area contributed by atoms with E-state index in [1.54, 1.807) is 0 Å². The van der Waals surface area contributed by atoms with Crippen LogP contribution < -0.4 is 10.6 Å². The van der Waals surface area contributed by atoms with Gasteiger partial charge in [-0.15, -0.1) is 0 Å². The molecule has 1 aliphatic heterocycles. The number of rotatable bonds is 6. The van der Waals surface area contributed by atoms with Gasteiger partial charge in [-0.05, 0) is 30.9 Å². The molecular weight excluding hydrogens is 220 g/mol. The van der Waals surface area contributed by atoms with E-state index in [1.165, 1.54) is 30.5 Å². The molecule has 1 atom stereocenters. The fourth-order valence-electron chi connectivity index (χ4n) is 3.00. The van der Waals surface area contributed by atoms with Crippen LogP contribution in [-0.4, -0.2) is 18.6 Å². The van der Waals surface area contributed by atoms with Crippen molar-refractivity contribution in [3.8, 4) is 0 Å². The van der Waals surface area contributed by atoms with Crippen molar-refractivity contribution >= 4 is 5.69 Å². The molecular formula is C16H26N2. The van der Waals surface area contributed by atoms with Crippen molar-refractivity contribution in [3.05, 3.63) is 29.8 Å². The Morgan fingerprint density at radius 3 is 2.50 bits per heavy atom. The number of para-hydroxylation sites is 1. The lowest BCUT2D eigenvalue weighted by Crippen LogP contribution is -2.45. The predicted octanol–water partition coefficient (Wildman–Crippen LogP) is 3.75. The first-order valence-corrected chi connectivity index (χ1v) is 7.32. The summed E-state index contributed by atoms with van der Waals surface area (Å²) in [7, 11) is 0. The molecule has 1 heterocycles. The number of fused-ring (bicyclic) bond motifs is 1. The maximum absolute atomic E-state index is 3.83. The van der Waals surface area contributed by atoms with E-state index in [4.69, 9.17) is 0 Å². The van der Waals surface area contributed by atoms with Crippen LogP contribution in [0.1, 0.15) is 51.5 Å². The molecule has 2 heteroatoms. The third-order valence-corrected chi connectivity index (χ3v) is 4.69. The van der Waals surface area contributed by atoms with Gasteiger partial charge < -0.3 is 10.6 Å². The van der Waals surface area contributed by atoms with E-state index >= 15 is 0 Å². The molecule has 1 aromatic carbocycles. The molecule has 0 aliphatic carbocycles. The Bertz CT molecular complexity index is 374. The van der Waals surface area contributed by atoms with Gasteiger partial charge in [-0.1, -0.05) is 39.0 Å². The van der Waals surface area contributed by atoms with Gasteiger partial charge in [-0.25, -0.2) is 0 Å². The van der Waals surface area contributed by atoms with Crippen LogP contribution in [0.5, 0.6) is 0 Å². The Labute approximate surface area is 111 Å². The third kappa shape index (κ3) is 2.54. The first-order chi connectivity index (χ1) is 8.74. The molecule has 2 N–H and O–H groups in total. The van der Waals surface area contributed by atoms with Gasteiger partial charge in [0.1, 0.15) is 0 Å². The van der Waals surface area contributed by atoms with Crippen molar-refractivity contribution in [1.29, 1.82) is 0 Å². The van der Waals surface area contributed by atoms with Crippen molar-refractivity contribution in [2.45, 2.75) is 51.5 Å². The number of hydrogen-bond donors (Lipinski definition) is 2. The van der Waals surface area contributed by atoms with Crippen molar-refractivity contribution < 1.29 is 0 Å². The van der Waals surface area contributed by atoms with Crippen molar-refractivity contribution in [3.63, 3.8) is 0 Å². The molecule has 1 aromatic rings. The summed E-state index contributed by atoms with van der Waals surface area (Å²) in [6.07, 6.45) is 3.63. The van der Waals surface area contributed by atoms with Gasteiger partial charge in [0.25, 0.3) is 0 Å². The number of hydrogen-bond acceptors (Lipinski definition) is 2. The SMILES string of the molecule is CCC(CC)(CC)NCC1CNc2ccccc21. The van der Waals surface area contributed by atoms with Crippen molar-refractivity contribution in [2.24, 2.45) is 0 Å². The minimum Gasteiger partial charge on any atom is -0.384 e. The molecule has 2 rings (SSSR count). The Morgan fingerprint density at radius 2 is 1.83 bits per heavy atom. The molecule has 0 aromatic heterocycles. The Morgan fingerprint density at radius 1 is 1.17 bits per heavy atom. The van der Waals surface area contributed by atoms with Crippen LogP contribution in [0, 0.1) is 0 Å². The van der Waals surface area contributed by atoms with Gasteiger partial charge in [0, 0.05) is 30.2 Å². The normalized spacial score (nSPS) is 18.5. The average molecular weight is 246 g/mol. The molecule has 0 saturated carbocycles. The summed E-state index contributed by atoms with van der Waals surface area (Å²) in [5, 5.41) is 7.33. The van der Waals surface area contributed by atoms with Crippen LogP contribution in [-0.2, 0) is 0 Å². The zero-order valence-corrected chi connectivity index (χ0v) is 11.9. The monoisotopic (exact) mass is 246 g/mol. The lowest BCUT2D eigenvalue weighted by atomic mass is 9.88. The molecule has 0 bridgehead atoms. The summed E-state index contributed by atoms with van der Waals surface area (Å²) in [6, 6.07) is 8.69.